The van der Waals surface area contributed by atoms with E-state index in [9.17, 15) is 22.8 Å². The Bertz CT molecular complexity index is 1070. The number of amides is 2. The van der Waals surface area contributed by atoms with Crippen LogP contribution in [0.5, 0.6) is 0 Å². The summed E-state index contributed by atoms with van der Waals surface area (Å²) in [6, 6.07) is 9.62. The van der Waals surface area contributed by atoms with Crippen LogP contribution in [0.4, 0.5) is 5.69 Å². The summed E-state index contributed by atoms with van der Waals surface area (Å²) in [6.07, 6.45) is 0. The Morgan fingerprint density at radius 3 is 2.27 bits per heavy atom. The van der Waals surface area contributed by atoms with E-state index in [0.717, 1.165) is 10.0 Å². The first-order valence-corrected chi connectivity index (χ1v) is 11.2. The Morgan fingerprint density at radius 1 is 1.07 bits per heavy atom. The molecule has 10 heteroatoms. The second-order valence-corrected chi connectivity index (χ2v) is 9.28. The minimum Gasteiger partial charge on any atom is -0.346 e. The maximum absolute atomic E-state index is 12.4. The molecule has 2 aromatic rings. The highest BCUT2D eigenvalue weighted by Gasteiger charge is 2.22. The molecular weight excluding hydrogens is 474 g/mol. The third-order valence-corrected chi connectivity index (χ3v) is 6.23. The third-order valence-electron chi connectivity index (χ3n) is 4.18. The Morgan fingerprint density at radius 2 is 1.70 bits per heavy atom. The summed E-state index contributed by atoms with van der Waals surface area (Å²) in [4.78, 5) is 35.5. The van der Waals surface area contributed by atoms with Crippen LogP contribution < -0.4 is 15.4 Å². The van der Waals surface area contributed by atoms with Gasteiger partial charge in [-0.05, 0) is 56.7 Å². The van der Waals surface area contributed by atoms with Crippen molar-refractivity contribution in [2.24, 2.45) is 0 Å². The first-order valence-electron chi connectivity index (χ1n) is 8.96. The second-order valence-electron chi connectivity index (χ2n) is 6.65. The SMILES string of the molecule is CC(=O)c1ccc(S(=O)(=O)N[C@@H](C)C(=O)NCC(=O)Nc2ccc(Br)cc2C)cc1. The summed E-state index contributed by atoms with van der Waals surface area (Å²) in [5.41, 5.74) is 1.84. The molecule has 0 saturated carbocycles. The number of hydrogen-bond acceptors (Lipinski definition) is 5. The molecule has 0 aliphatic rings. The number of ketones is 1. The number of carbonyl (C=O) groups excluding carboxylic acids is 3. The summed E-state index contributed by atoms with van der Waals surface area (Å²) < 4.78 is 28.0. The lowest BCUT2D eigenvalue weighted by Crippen LogP contribution is -2.46. The zero-order valence-electron chi connectivity index (χ0n) is 16.7. The third kappa shape index (κ3) is 6.48. The highest BCUT2D eigenvalue weighted by atomic mass is 79.9. The van der Waals surface area contributed by atoms with E-state index >= 15 is 0 Å². The van der Waals surface area contributed by atoms with Gasteiger partial charge in [0.25, 0.3) is 0 Å². The number of benzene rings is 2. The monoisotopic (exact) mass is 495 g/mol. The summed E-state index contributed by atoms with van der Waals surface area (Å²) in [5.74, 6) is -1.28. The number of hydrogen-bond donors (Lipinski definition) is 3. The zero-order chi connectivity index (χ0) is 22.5. The molecule has 3 N–H and O–H groups in total. The fourth-order valence-corrected chi connectivity index (χ4v) is 4.18. The minimum absolute atomic E-state index is 0.0735. The molecule has 0 bridgehead atoms. The van der Waals surface area contributed by atoms with Crippen molar-refractivity contribution in [1.29, 1.82) is 0 Å². The molecule has 0 radical (unpaired) electrons. The lowest BCUT2D eigenvalue weighted by atomic mass is 10.2. The molecule has 8 nitrogen and oxygen atoms in total. The predicted molar refractivity (Wildman–Crippen MR) is 117 cm³/mol. The van der Waals surface area contributed by atoms with Crippen LogP contribution in [-0.4, -0.2) is 38.6 Å². The first-order chi connectivity index (χ1) is 14.0. The smallest absolute Gasteiger partial charge is 0.243 e. The van der Waals surface area contributed by atoms with Crippen LogP contribution in [0.3, 0.4) is 0 Å². The number of aryl methyl sites for hydroxylation is 1. The van der Waals surface area contributed by atoms with E-state index in [0.29, 0.717) is 11.3 Å². The van der Waals surface area contributed by atoms with Crippen molar-refractivity contribution in [3.8, 4) is 0 Å². The average molecular weight is 496 g/mol. The Balaban J connectivity index is 1.91. The van der Waals surface area contributed by atoms with Crippen LogP contribution in [0.2, 0.25) is 0 Å². The van der Waals surface area contributed by atoms with Crippen LogP contribution in [0, 0.1) is 6.92 Å². The molecule has 0 heterocycles. The molecule has 2 rings (SSSR count). The molecule has 0 fully saturated rings. The van der Waals surface area contributed by atoms with E-state index in [1.54, 1.807) is 12.1 Å². The number of carbonyl (C=O) groups is 3. The van der Waals surface area contributed by atoms with Gasteiger partial charge in [0.2, 0.25) is 21.8 Å². The molecule has 0 aliphatic carbocycles. The standard InChI is InChI=1S/C20H22BrN3O5S/c1-12-10-16(21)6-9-18(12)23-19(26)11-22-20(27)13(2)24-30(28,29)17-7-4-15(5-8-17)14(3)25/h4-10,13,24H,11H2,1-3H3,(H,22,27)(H,23,26)/t13-/m0/s1. The fraction of sp³-hybridized carbons (Fsp3) is 0.250. The first kappa shape index (κ1) is 23.7. The molecule has 0 unspecified atom stereocenters. The van der Waals surface area contributed by atoms with E-state index in [4.69, 9.17) is 0 Å². The molecule has 1 atom stereocenters. The van der Waals surface area contributed by atoms with Gasteiger partial charge >= 0.3 is 0 Å². The van der Waals surface area contributed by atoms with Gasteiger partial charge in [-0.25, -0.2) is 8.42 Å². The molecule has 160 valence electrons. The highest BCUT2D eigenvalue weighted by molar-refractivity contribution is 9.10. The van der Waals surface area contributed by atoms with E-state index in [2.05, 4.69) is 31.3 Å². The summed E-state index contributed by atoms with van der Waals surface area (Å²) >= 11 is 3.34. The lowest BCUT2D eigenvalue weighted by Gasteiger charge is -2.15. The van der Waals surface area contributed by atoms with Crippen LogP contribution in [0.25, 0.3) is 0 Å². The Labute approximate surface area is 183 Å². The van der Waals surface area contributed by atoms with Gasteiger partial charge in [0.1, 0.15) is 0 Å². The van der Waals surface area contributed by atoms with E-state index in [-0.39, 0.29) is 17.2 Å². The summed E-state index contributed by atoms with van der Waals surface area (Å²) in [7, 11) is -3.97. The topological polar surface area (TPSA) is 121 Å². The largest absolute Gasteiger partial charge is 0.346 e. The molecule has 30 heavy (non-hydrogen) atoms. The van der Waals surface area contributed by atoms with Crippen LogP contribution in [0.15, 0.2) is 51.8 Å². The van der Waals surface area contributed by atoms with Crippen LogP contribution >= 0.6 is 15.9 Å². The number of Topliss-reactive ketones (excluding diaryl/α,β-unsaturated/α-hetero) is 1. The number of halogens is 1. The lowest BCUT2D eigenvalue weighted by molar-refractivity contribution is -0.125. The van der Waals surface area contributed by atoms with E-state index in [1.165, 1.54) is 38.1 Å². The highest BCUT2D eigenvalue weighted by Crippen LogP contribution is 2.19. The molecule has 2 aromatic carbocycles. The van der Waals surface area contributed by atoms with Gasteiger partial charge in [-0.3, -0.25) is 14.4 Å². The van der Waals surface area contributed by atoms with Crippen molar-refractivity contribution >= 4 is 49.2 Å². The maximum atomic E-state index is 12.4. The van der Waals surface area contributed by atoms with Gasteiger partial charge in [0.05, 0.1) is 17.5 Å². The molecule has 0 spiro atoms. The Kier molecular flexibility index (Phi) is 7.88. The normalized spacial score (nSPS) is 12.1. The predicted octanol–water partition coefficient (Wildman–Crippen LogP) is 2.38. The van der Waals surface area contributed by atoms with E-state index < -0.39 is 27.9 Å². The van der Waals surface area contributed by atoms with Crippen molar-refractivity contribution in [1.82, 2.24) is 10.0 Å². The number of sulfonamides is 1. The van der Waals surface area contributed by atoms with Crippen molar-refractivity contribution in [2.75, 3.05) is 11.9 Å². The fourth-order valence-electron chi connectivity index (χ4n) is 2.51. The number of rotatable bonds is 8. The molecule has 0 aromatic heterocycles. The molecule has 0 aliphatic heterocycles. The zero-order valence-corrected chi connectivity index (χ0v) is 19.1. The Hall–Kier alpha value is -2.56. The van der Waals surface area contributed by atoms with Crippen LogP contribution in [0.1, 0.15) is 29.8 Å². The summed E-state index contributed by atoms with van der Waals surface area (Å²) in [5, 5.41) is 5.08. The van der Waals surface area contributed by atoms with Gasteiger partial charge in [0.15, 0.2) is 5.78 Å². The molecule has 0 saturated heterocycles. The minimum atomic E-state index is -3.97. The van der Waals surface area contributed by atoms with Gasteiger partial charge < -0.3 is 10.6 Å². The van der Waals surface area contributed by atoms with Crippen molar-refractivity contribution in [2.45, 2.75) is 31.7 Å². The summed E-state index contributed by atoms with van der Waals surface area (Å²) in [6.45, 7) is 4.27. The van der Waals surface area contributed by atoms with Gasteiger partial charge in [-0.1, -0.05) is 28.1 Å². The van der Waals surface area contributed by atoms with Crippen molar-refractivity contribution in [3.05, 3.63) is 58.1 Å². The van der Waals surface area contributed by atoms with Crippen LogP contribution in [-0.2, 0) is 19.6 Å². The van der Waals surface area contributed by atoms with Crippen molar-refractivity contribution < 1.29 is 22.8 Å². The van der Waals surface area contributed by atoms with Gasteiger partial charge in [-0.15, -0.1) is 0 Å². The molecular formula is C20H22BrN3O5S. The van der Waals surface area contributed by atoms with Gasteiger partial charge in [-0.2, -0.15) is 4.72 Å². The quantitative estimate of drug-likeness (QED) is 0.485. The van der Waals surface area contributed by atoms with E-state index in [1.807, 2.05) is 13.0 Å². The number of nitrogens with one attached hydrogen (secondary N) is 3. The van der Waals surface area contributed by atoms with Crippen molar-refractivity contribution in [3.63, 3.8) is 0 Å². The molecule has 2 amide bonds. The average Bonchev–Trinajstić information content (AvgIpc) is 2.68. The number of anilines is 1. The second kappa shape index (κ2) is 9.96. The van der Waals surface area contributed by atoms with Gasteiger partial charge in [0, 0.05) is 15.7 Å². The maximum Gasteiger partial charge on any atom is 0.243 e.